The van der Waals surface area contributed by atoms with Crippen LogP contribution in [0.1, 0.15) is 22.3 Å². The van der Waals surface area contributed by atoms with Crippen LogP contribution in [0, 0.1) is 0 Å². The van der Waals surface area contributed by atoms with E-state index in [9.17, 15) is 0 Å². The van der Waals surface area contributed by atoms with Gasteiger partial charge in [0.05, 0.1) is 22.8 Å². The Kier molecular flexibility index (Phi) is 6.11. The first kappa shape index (κ1) is 23.6. The summed E-state index contributed by atoms with van der Waals surface area (Å²) in [5, 5.41) is 0. The molecule has 0 N–H and O–H groups in total. The molecule has 1 aliphatic heterocycles. The Balaban J connectivity index is 1.34. The van der Waals surface area contributed by atoms with Crippen molar-refractivity contribution in [1.29, 1.82) is 0 Å². The predicted octanol–water partition coefficient (Wildman–Crippen LogP) is 8.46. The van der Waals surface area contributed by atoms with Crippen molar-refractivity contribution in [2.45, 2.75) is 0 Å². The molecule has 3 heterocycles. The van der Waals surface area contributed by atoms with Gasteiger partial charge in [-0.15, -0.1) is 0 Å². The number of rotatable bonds is 4. The SMILES string of the molecule is c1ccc(-c2ccc(/C3=N/c4ccncc4/C(c4ccc(-c5ccccc5)cc4)=N\c4ccncc43)cc2)cc1. The number of hydrogen-bond acceptors (Lipinski definition) is 4. The van der Waals surface area contributed by atoms with Crippen molar-refractivity contribution in [1.82, 2.24) is 9.97 Å². The van der Waals surface area contributed by atoms with Gasteiger partial charge in [-0.25, -0.2) is 9.98 Å². The number of aromatic nitrogens is 2. The number of pyridine rings is 2. The first-order valence-corrected chi connectivity index (χ1v) is 13.2. The molecule has 40 heavy (non-hydrogen) atoms. The van der Waals surface area contributed by atoms with Crippen LogP contribution >= 0.6 is 0 Å². The van der Waals surface area contributed by atoms with Crippen LogP contribution in [0.25, 0.3) is 22.3 Å². The van der Waals surface area contributed by atoms with E-state index in [1.54, 1.807) is 12.4 Å². The summed E-state index contributed by atoms with van der Waals surface area (Å²) in [6, 6.07) is 41.7. The molecule has 7 rings (SSSR count). The largest absolute Gasteiger partial charge is 0.264 e. The molecule has 0 saturated carbocycles. The molecule has 4 aromatic carbocycles. The highest BCUT2D eigenvalue weighted by Crippen LogP contribution is 2.33. The van der Waals surface area contributed by atoms with E-state index in [2.05, 4.69) is 107 Å². The standard InChI is InChI=1S/C36H24N4/c1-3-7-25(8-4-1)27-11-15-29(16-12-27)35-31-23-37-21-19-33(31)40-36(32-24-38-22-20-34(32)39-35)30-17-13-28(14-18-30)26-9-5-2-6-10-26/h1-24H/b35-31?,36-32?,39-34?,39-35-,40-33?,40-36-. The van der Waals surface area contributed by atoms with Gasteiger partial charge in [0.2, 0.25) is 0 Å². The molecule has 0 unspecified atom stereocenters. The molecule has 4 heteroatoms. The van der Waals surface area contributed by atoms with E-state index in [1.165, 1.54) is 11.1 Å². The number of benzene rings is 4. The molecule has 0 aliphatic carbocycles. The van der Waals surface area contributed by atoms with Crippen LogP contribution in [-0.2, 0) is 0 Å². The van der Waals surface area contributed by atoms with Crippen molar-refractivity contribution in [3.8, 4) is 22.3 Å². The van der Waals surface area contributed by atoms with Crippen LogP contribution in [0.4, 0.5) is 11.4 Å². The highest BCUT2D eigenvalue weighted by molar-refractivity contribution is 6.22. The fourth-order valence-corrected chi connectivity index (χ4v) is 5.04. The lowest BCUT2D eigenvalue weighted by molar-refractivity contribution is 1.26. The van der Waals surface area contributed by atoms with E-state index in [1.807, 2.05) is 36.7 Å². The third-order valence-corrected chi connectivity index (χ3v) is 7.10. The summed E-state index contributed by atoms with van der Waals surface area (Å²) in [4.78, 5) is 19.3. The average molecular weight is 513 g/mol. The number of nitrogens with zero attached hydrogens (tertiary/aromatic N) is 4. The lowest BCUT2D eigenvalue weighted by Gasteiger charge is -2.17. The molecule has 0 bridgehead atoms. The fourth-order valence-electron chi connectivity index (χ4n) is 5.04. The van der Waals surface area contributed by atoms with Crippen LogP contribution in [0.3, 0.4) is 0 Å². The molecule has 0 atom stereocenters. The minimum Gasteiger partial charge on any atom is -0.264 e. The lowest BCUT2D eigenvalue weighted by atomic mass is 9.95. The molecule has 0 spiro atoms. The summed E-state index contributed by atoms with van der Waals surface area (Å²) in [5.41, 5.74) is 11.7. The van der Waals surface area contributed by atoms with Gasteiger partial charge in [0, 0.05) is 47.0 Å². The van der Waals surface area contributed by atoms with Gasteiger partial charge in [0.25, 0.3) is 0 Å². The average Bonchev–Trinajstić information content (AvgIpc) is 3.03. The normalized spacial score (nSPS) is 14.9. The molecule has 4 nitrogen and oxygen atoms in total. The molecule has 0 fully saturated rings. The van der Waals surface area contributed by atoms with Crippen LogP contribution in [0.2, 0.25) is 0 Å². The third-order valence-electron chi connectivity index (χ3n) is 7.10. The number of hydrogen-bond donors (Lipinski definition) is 0. The van der Waals surface area contributed by atoms with Crippen LogP contribution in [0.15, 0.2) is 156 Å². The molecule has 6 aromatic rings. The molecular weight excluding hydrogens is 488 g/mol. The molecule has 0 amide bonds. The first-order valence-electron chi connectivity index (χ1n) is 13.2. The number of fused-ring (bicyclic) bond motifs is 2. The Hall–Kier alpha value is -5.48. The summed E-state index contributed by atoms with van der Waals surface area (Å²) < 4.78 is 0. The van der Waals surface area contributed by atoms with E-state index in [-0.39, 0.29) is 0 Å². The predicted molar refractivity (Wildman–Crippen MR) is 163 cm³/mol. The summed E-state index contributed by atoms with van der Waals surface area (Å²) in [7, 11) is 0. The molecular formula is C36H24N4. The monoisotopic (exact) mass is 512 g/mol. The van der Waals surface area contributed by atoms with Gasteiger partial charge in [0.1, 0.15) is 0 Å². The van der Waals surface area contributed by atoms with Gasteiger partial charge in [-0.1, -0.05) is 109 Å². The van der Waals surface area contributed by atoms with Gasteiger partial charge in [-0.2, -0.15) is 0 Å². The minimum absolute atomic E-state index is 0.817. The van der Waals surface area contributed by atoms with E-state index in [0.29, 0.717) is 0 Å². The number of aliphatic imine (C=N–C) groups is 2. The van der Waals surface area contributed by atoms with Crippen LogP contribution in [0.5, 0.6) is 0 Å². The van der Waals surface area contributed by atoms with E-state index in [0.717, 1.165) is 56.2 Å². The van der Waals surface area contributed by atoms with E-state index in [4.69, 9.17) is 9.98 Å². The maximum atomic E-state index is 5.21. The lowest BCUT2D eigenvalue weighted by Crippen LogP contribution is -2.11. The highest BCUT2D eigenvalue weighted by atomic mass is 14.9. The quantitative estimate of drug-likeness (QED) is 0.237. The Morgan fingerprint density at radius 3 is 1.07 bits per heavy atom. The maximum Gasteiger partial charge on any atom is 0.0819 e. The van der Waals surface area contributed by atoms with E-state index < -0.39 is 0 Å². The summed E-state index contributed by atoms with van der Waals surface area (Å²) in [6.45, 7) is 0. The third kappa shape index (κ3) is 4.52. The van der Waals surface area contributed by atoms with Crippen molar-refractivity contribution in [3.05, 3.63) is 168 Å². The van der Waals surface area contributed by atoms with Gasteiger partial charge in [-0.3, -0.25) is 9.97 Å². The van der Waals surface area contributed by atoms with Gasteiger partial charge in [0.15, 0.2) is 0 Å². The Morgan fingerprint density at radius 1 is 0.325 bits per heavy atom. The van der Waals surface area contributed by atoms with Crippen molar-refractivity contribution in [2.24, 2.45) is 9.98 Å². The molecule has 0 saturated heterocycles. The second kappa shape index (κ2) is 10.4. The zero-order valence-corrected chi connectivity index (χ0v) is 21.6. The van der Waals surface area contributed by atoms with E-state index >= 15 is 0 Å². The highest BCUT2D eigenvalue weighted by Gasteiger charge is 2.20. The zero-order chi connectivity index (χ0) is 26.7. The van der Waals surface area contributed by atoms with Crippen LogP contribution in [-0.4, -0.2) is 21.4 Å². The Bertz CT molecular complexity index is 1710. The van der Waals surface area contributed by atoms with Gasteiger partial charge in [-0.05, 0) is 34.4 Å². The second-order valence-corrected chi connectivity index (χ2v) is 9.59. The van der Waals surface area contributed by atoms with Crippen molar-refractivity contribution < 1.29 is 0 Å². The summed E-state index contributed by atoms with van der Waals surface area (Å²) in [6.07, 6.45) is 7.26. The second-order valence-electron chi connectivity index (χ2n) is 9.59. The first-order chi connectivity index (χ1) is 19.8. The Morgan fingerprint density at radius 2 is 0.675 bits per heavy atom. The summed E-state index contributed by atoms with van der Waals surface area (Å²) in [5.74, 6) is 0. The molecule has 1 aliphatic rings. The molecule has 188 valence electrons. The topological polar surface area (TPSA) is 50.5 Å². The van der Waals surface area contributed by atoms with Gasteiger partial charge < -0.3 is 0 Å². The van der Waals surface area contributed by atoms with Crippen molar-refractivity contribution in [3.63, 3.8) is 0 Å². The maximum absolute atomic E-state index is 5.21. The minimum atomic E-state index is 0.817. The Labute approximate surface area is 233 Å². The fraction of sp³-hybridized carbons (Fsp3) is 0. The zero-order valence-electron chi connectivity index (χ0n) is 21.6. The van der Waals surface area contributed by atoms with Crippen molar-refractivity contribution in [2.75, 3.05) is 0 Å². The van der Waals surface area contributed by atoms with Gasteiger partial charge >= 0.3 is 0 Å². The summed E-state index contributed by atoms with van der Waals surface area (Å²) >= 11 is 0. The molecule has 0 radical (unpaired) electrons. The smallest absolute Gasteiger partial charge is 0.0819 e. The van der Waals surface area contributed by atoms with Crippen molar-refractivity contribution >= 4 is 22.8 Å². The molecule has 2 aromatic heterocycles. The van der Waals surface area contributed by atoms with Crippen LogP contribution < -0.4 is 0 Å².